The average Bonchev–Trinajstić information content (AvgIpc) is 2.60. The number of esters is 1. The lowest BCUT2D eigenvalue weighted by Gasteiger charge is -2.41. The summed E-state index contributed by atoms with van der Waals surface area (Å²) in [6.45, 7) is 3.75. The molecule has 0 amide bonds. The van der Waals surface area contributed by atoms with Crippen molar-refractivity contribution in [2.24, 2.45) is 0 Å². The van der Waals surface area contributed by atoms with Gasteiger partial charge in [-0.25, -0.2) is 0 Å². The largest absolute Gasteiger partial charge is 0.454 e. The highest BCUT2D eigenvalue weighted by Crippen LogP contribution is 2.25. The topological polar surface area (TPSA) is 105 Å². The van der Waals surface area contributed by atoms with Gasteiger partial charge in [0.1, 0.15) is 18.3 Å². The molecule has 1 heterocycles. The molecule has 1 saturated heterocycles. The highest BCUT2D eigenvalue weighted by Gasteiger charge is 2.46. The number of aliphatic hydroxyl groups excluding tert-OH is 3. The first-order valence-electron chi connectivity index (χ1n) is 9.48. The van der Waals surface area contributed by atoms with Crippen LogP contribution in [0.5, 0.6) is 0 Å². The molecule has 1 aliphatic rings. The van der Waals surface area contributed by atoms with Crippen LogP contribution in [-0.2, 0) is 19.0 Å². The Morgan fingerprint density at radius 3 is 2.24 bits per heavy atom. The SMILES string of the molecule is CCCCCCCCCC(=O)O[C@H]1C(OCC)O[C@H](CO)[C@@H](O)[C@@H]1O. The highest BCUT2D eigenvalue weighted by molar-refractivity contribution is 5.69. The summed E-state index contributed by atoms with van der Waals surface area (Å²) in [4.78, 5) is 12.0. The molecule has 1 fully saturated rings. The highest BCUT2D eigenvalue weighted by atomic mass is 16.7. The zero-order valence-electron chi connectivity index (χ0n) is 15.4. The molecule has 1 rings (SSSR count). The van der Waals surface area contributed by atoms with Crippen LogP contribution in [0.15, 0.2) is 0 Å². The lowest BCUT2D eigenvalue weighted by atomic mass is 9.99. The molecule has 5 atom stereocenters. The first-order chi connectivity index (χ1) is 12.0. The number of carbonyl (C=O) groups is 1. The number of hydrogen-bond acceptors (Lipinski definition) is 7. The Hall–Kier alpha value is -0.730. The smallest absolute Gasteiger partial charge is 0.306 e. The van der Waals surface area contributed by atoms with E-state index in [2.05, 4.69) is 6.92 Å². The molecular weight excluding hydrogens is 328 g/mol. The van der Waals surface area contributed by atoms with Crippen molar-refractivity contribution in [3.63, 3.8) is 0 Å². The summed E-state index contributed by atoms with van der Waals surface area (Å²) < 4.78 is 16.0. The summed E-state index contributed by atoms with van der Waals surface area (Å²) in [5.74, 6) is -0.444. The molecule has 0 spiro atoms. The number of hydrogen-bond donors (Lipinski definition) is 3. The molecule has 25 heavy (non-hydrogen) atoms. The molecule has 0 radical (unpaired) electrons. The summed E-state index contributed by atoms with van der Waals surface area (Å²) in [7, 11) is 0. The molecule has 0 bridgehead atoms. The van der Waals surface area contributed by atoms with Crippen molar-refractivity contribution in [3.05, 3.63) is 0 Å². The third-order valence-electron chi connectivity index (χ3n) is 4.41. The van der Waals surface area contributed by atoms with Crippen LogP contribution in [0.1, 0.15) is 65.2 Å². The second-order valence-electron chi connectivity index (χ2n) is 6.49. The lowest BCUT2D eigenvalue weighted by molar-refractivity contribution is -0.303. The molecule has 0 aliphatic carbocycles. The molecule has 7 nitrogen and oxygen atoms in total. The minimum Gasteiger partial charge on any atom is -0.454 e. The van der Waals surface area contributed by atoms with E-state index in [0.717, 1.165) is 19.3 Å². The number of carbonyl (C=O) groups excluding carboxylic acids is 1. The quantitative estimate of drug-likeness (QED) is 0.357. The van der Waals surface area contributed by atoms with Crippen LogP contribution in [0, 0.1) is 0 Å². The Labute approximate surface area is 150 Å². The van der Waals surface area contributed by atoms with Gasteiger partial charge < -0.3 is 29.5 Å². The van der Waals surface area contributed by atoms with Crippen LogP contribution >= 0.6 is 0 Å². The fourth-order valence-electron chi connectivity index (χ4n) is 2.92. The van der Waals surface area contributed by atoms with Gasteiger partial charge in [0, 0.05) is 13.0 Å². The van der Waals surface area contributed by atoms with E-state index in [1.807, 2.05) is 0 Å². The fraction of sp³-hybridized carbons (Fsp3) is 0.944. The molecule has 3 N–H and O–H groups in total. The van der Waals surface area contributed by atoms with Crippen LogP contribution in [-0.4, -0.2) is 65.2 Å². The van der Waals surface area contributed by atoms with Crippen molar-refractivity contribution in [2.75, 3.05) is 13.2 Å². The van der Waals surface area contributed by atoms with E-state index in [9.17, 15) is 20.1 Å². The van der Waals surface area contributed by atoms with Gasteiger partial charge >= 0.3 is 5.97 Å². The Bertz CT molecular complexity index is 363. The molecule has 0 aromatic carbocycles. The molecule has 7 heteroatoms. The number of ether oxygens (including phenoxy) is 3. The molecule has 1 unspecified atom stereocenters. The van der Waals surface area contributed by atoms with E-state index in [1.54, 1.807) is 6.92 Å². The average molecular weight is 362 g/mol. The first-order valence-corrected chi connectivity index (χ1v) is 9.48. The molecule has 0 aromatic heterocycles. The predicted molar refractivity (Wildman–Crippen MR) is 91.9 cm³/mol. The minimum atomic E-state index is -1.36. The van der Waals surface area contributed by atoms with Gasteiger partial charge in [-0.1, -0.05) is 45.4 Å². The lowest BCUT2D eigenvalue weighted by Crippen LogP contribution is -2.60. The van der Waals surface area contributed by atoms with Crippen molar-refractivity contribution < 1.29 is 34.3 Å². The molecule has 0 aromatic rings. The van der Waals surface area contributed by atoms with Crippen LogP contribution < -0.4 is 0 Å². The zero-order chi connectivity index (χ0) is 18.7. The van der Waals surface area contributed by atoms with Crippen molar-refractivity contribution in [1.29, 1.82) is 0 Å². The van der Waals surface area contributed by atoms with Gasteiger partial charge in [-0.2, -0.15) is 0 Å². The Morgan fingerprint density at radius 1 is 1.00 bits per heavy atom. The van der Waals surface area contributed by atoms with Crippen LogP contribution in [0.25, 0.3) is 0 Å². The van der Waals surface area contributed by atoms with E-state index < -0.39 is 43.3 Å². The molecule has 148 valence electrons. The normalized spacial score (nSPS) is 29.6. The fourth-order valence-corrected chi connectivity index (χ4v) is 2.92. The third-order valence-corrected chi connectivity index (χ3v) is 4.41. The summed E-state index contributed by atoms with van der Waals surface area (Å²) in [5.41, 5.74) is 0. The van der Waals surface area contributed by atoms with Crippen LogP contribution in [0.2, 0.25) is 0 Å². The van der Waals surface area contributed by atoms with E-state index in [-0.39, 0.29) is 13.0 Å². The van der Waals surface area contributed by atoms with E-state index in [0.29, 0.717) is 0 Å². The maximum Gasteiger partial charge on any atom is 0.306 e. The van der Waals surface area contributed by atoms with E-state index in [4.69, 9.17) is 14.2 Å². The van der Waals surface area contributed by atoms with Crippen molar-refractivity contribution in [1.82, 2.24) is 0 Å². The van der Waals surface area contributed by atoms with Gasteiger partial charge in [-0.3, -0.25) is 4.79 Å². The molecule has 0 saturated carbocycles. The second kappa shape index (κ2) is 12.6. The minimum absolute atomic E-state index is 0.259. The summed E-state index contributed by atoms with van der Waals surface area (Å²) >= 11 is 0. The summed E-state index contributed by atoms with van der Waals surface area (Å²) in [6.07, 6.45) is 2.15. The van der Waals surface area contributed by atoms with Crippen LogP contribution in [0.3, 0.4) is 0 Å². The van der Waals surface area contributed by atoms with E-state index in [1.165, 1.54) is 25.7 Å². The van der Waals surface area contributed by atoms with Gasteiger partial charge in [0.2, 0.25) is 0 Å². The van der Waals surface area contributed by atoms with Crippen LogP contribution in [0.4, 0.5) is 0 Å². The third kappa shape index (κ3) is 7.58. The molecular formula is C18H34O7. The second-order valence-corrected chi connectivity index (χ2v) is 6.49. The summed E-state index contributed by atoms with van der Waals surface area (Å²) in [6, 6.07) is 0. The van der Waals surface area contributed by atoms with Gasteiger partial charge in [0.05, 0.1) is 6.61 Å². The Morgan fingerprint density at radius 2 is 1.64 bits per heavy atom. The summed E-state index contributed by atoms with van der Waals surface area (Å²) in [5, 5.41) is 29.3. The van der Waals surface area contributed by atoms with E-state index >= 15 is 0 Å². The number of aliphatic hydroxyl groups is 3. The maximum absolute atomic E-state index is 12.0. The predicted octanol–water partition coefficient (Wildman–Crippen LogP) is 1.51. The monoisotopic (exact) mass is 362 g/mol. The van der Waals surface area contributed by atoms with Gasteiger partial charge in [-0.15, -0.1) is 0 Å². The Kier molecular flexibility index (Phi) is 11.2. The maximum atomic E-state index is 12.0. The van der Waals surface area contributed by atoms with Gasteiger partial charge in [-0.05, 0) is 13.3 Å². The first kappa shape index (κ1) is 22.3. The van der Waals surface area contributed by atoms with Crippen molar-refractivity contribution in [3.8, 4) is 0 Å². The molecule has 1 aliphatic heterocycles. The van der Waals surface area contributed by atoms with Crippen molar-refractivity contribution in [2.45, 2.75) is 95.9 Å². The number of unbranched alkanes of at least 4 members (excludes halogenated alkanes) is 6. The van der Waals surface area contributed by atoms with Crippen molar-refractivity contribution >= 4 is 5.97 Å². The van der Waals surface area contributed by atoms with Gasteiger partial charge in [0.25, 0.3) is 0 Å². The van der Waals surface area contributed by atoms with Gasteiger partial charge in [0.15, 0.2) is 12.4 Å². The Balaban J connectivity index is 2.39. The number of rotatable bonds is 12. The zero-order valence-corrected chi connectivity index (χ0v) is 15.4. The standard InChI is InChI=1S/C18H34O7/c1-3-5-6-7-8-9-10-11-14(20)25-17-16(22)15(21)13(12-19)24-18(17)23-4-2/h13,15-19,21-22H,3-12H2,1-2H3/t13-,15-,16+,17-,18?/m1/s1.